The van der Waals surface area contributed by atoms with Crippen LogP contribution in [-0.4, -0.2) is 60.5 Å². The van der Waals surface area contributed by atoms with E-state index in [0.29, 0.717) is 25.6 Å². The Morgan fingerprint density at radius 2 is 1.93 bits per heavy atom. The van der Waals surface area contributed by atoms with E-state index in [1.54, 1.807) is 0 Å². The van der Waals surface area contributed by atoms with Crippen molar-refractivity contribution >= 4 is 30.9 Å². The lowest BCUT2D eigenvalue weighted by Gasteiger charge is -2.36. The van der Waals surface area contributed by atoms with E-state index in [0.717, 1.165) is 22.4 Å². The van der Waals surface area contributed by atoms with E-state index in [-0.39, 0.29) is 17.7 Å². The largest absolute Gasteiger partial charge is 0.476 e. The molecule has 0 amide bonds. The Morgan fingerprint density at radius 1 is 1.30 bits per heavy atom. The Morgan fingerprint density at radius 3 is 2.41 bits per heavy atom. The van der Waals surface area contributed by atoms with Gasteiger partial charge in [0.1, 0.15) is 0 Å². The molecule has 8 heteroatoms. The number of likely N-dealkylation sites (N-methyl/N-ethyl adjacent to an activating group) is 1. The summed E-state index contributed by atoms with van der Waals surface area (Å²) >= 11 is 2.32. The van der Waals surface area contributed by atoms with Gasteiger partial charge >= 0.3 is 0 Å². The second-order valence-corrected chi connectivity index (χ2v) is 14.3. The van der Waals surface area contributed by atoms with Gasteiger partial charge < -0.3 is 14.3 Å². The summed E-state index contributed by atoms with van der Waals surface area (Å²) in [5.74, 6) is 0.688. The molecule has 0 saturated heterocycles. The highest BCUT2D eigenvalue weighted by Gasteiger charge is 2.37. The molecule has 0 spiro atoms. The first-order valence-electron chi connectivity index (χ1n) is 9.85. The fourth-order valence-corrected chi connectivity index (χ4v) is 4.25. The maximum Gasteiger partial charge on any atom is 0.246 e. The molecule has 0 aliphatic rings. The Labute approximate surface area is 179 Å². The molecule has 0 fully saturated rings. The number of hydrogen-bond acceptors (Lipinski definition) is 5. The van der Waals surface area contributed by atoms with Crippen molar-refractivity contribution in [3.63, 3.8) is 0 Å². The highest BCUT2D eigenvalue weighted by atomic mass is 127. The average Bonchev–Trinajstić information content (AvgIpc) is 2.86. The lowest BCUT2D eigenvalue weighted by Crippen LogP contribution is -2.41. The zero-order chi connectivity index (χ0) is 20.8. The first-order valence-corrected chi connectivity index (χ1v) is 13.8. The van der Waals surface area contributed by atoms with Crippen molar-refractivity contribution in [2.24, 2.45) is 0 Å². The highest BCUT2D eigenvalue weighted by molar-refractivity contribution is 14.1. The van der Waals surface area contributed by atoms with Gasteiger partial charge in [-0.25, -0.2) is 0 Å². The SMILES string of the molecule is CCOc1nn(CCO[Si](C)(C)C(C)(C)C)c(CN(CC)[C@@H](C)CO)c1I. The molecule has 0 aliphatic heterocycles. The third kappa shape index (κ3) is 6.69. The Kier molecular flexibility index (Phi) is 9.73. The van der Waals surface area contributed by atoms with E-state index in [1.807, 2.05) is 18.5 Å². The van der Waals surface area contributed by atoms with Crippen LogP contribution in [0.1, 0.15) is 47.2 Å². The molecular formula is C19H38IN3O3Si. The summed E-state index contributed by atoms with van der Waals surface area (Å²) in [6.45, 7) is 21.1. The summed E-state index contributed by atoms with van der Waals surface area (Å²) < 4.78 is 15.1. The topological polar surface area (TPSA) is 59.8 Å². The second kappa shape index (κ2) is 10.6. The van der Waals surface area contributed by atoms with Crippen LogP contribution in [0.3, 0.4) is 0 Å². The van der Waals surface area contributed by atoms with E-state index in [9.17, 15) is 5.11 Å². The third-order valence-corrected chi connectivity index (χ3v) is 11.1. The molecule has 6 nitrogen and oxygen atoms in total. The van der Waals surface area contributed by atoms with Gasteiger partial charge in [0.2, 0.25) is 5.88 Å². The Balaban J connectivity index is 2.99. The van der Waals surface area contributed by atoms with E-state index in [1.165, 1.54) is 0 Å². The van der Waals surface area contributed by atoms with Gasteiger partial charge in [0.25, 0.3) is 0 Å². The molecule has 1 rings (SSSR count). The molecule has 0 bridgehead atoms. The van der Waals surface area contributed by atoms with Gasteiger partial charge in [-0.2, -0.15) is 0 Å². The Hall–Kier alpha value is -0.163. The van der Waals surface area contributed by atoms with Gasteiger partial charge in [-0.05, 0) is 61.1 Å². The quantitative estimate of drug-likeness (QED) is 0.358. The molecule has 0 radical (unpaired) electrons. The summed E-state index contributed by atoms with van der Waals surface area (Å²) in [6.07, 6.45) is 0. The van der Waals surface area contributed by atoms with Crippen molar-refractivity contribution in [1.29, 1.82) is 0 Å². The van der Waals surface area contributed by atoms with Crippen LogP contribution < -0.4 is 4.74 Å². The molecule has 0 aliphatic carbocycles. The average molecular weight is 512 g/mol. The summed E-state index contributed by atoms with van der Waals surface area (Å²) in [7, 11) is -1.78. The van der Waals surface area contributed by atoms with E-state index < -0.39 is 8.32 Å². The first kappa shape index (κ1) is 24.9. The van der Waals surface area contributed by atoms with Crippen molar-refractivity contribution in [2.75, 3.05) is 26.4 Å². The maximum absolute atomic E-state index is 9.54. The number of ether oxygens (including phenoxy) is 1. The van der Waals surface area contributed by atoms with Crippen molar-refractivity contribution < 1.29 is 14.3 Å². The highest BCUT2D eigenvalue weighted by Crippen LogP contribution is 2.36. The standard InChI is InChI=1S/C19H38IN3O3Si/c1-9-22(15(3)14-24)13-16-17(20)18(25-10-2)21-23(16)11-12-26-27(7,8)19(4,5)6/h15,24H,9-14H2,1-8H3/t15-/m0/s1. The molecule has 27 heavy (non-hydrogen) atoms. The molecule has 0 unspecified atom stereocenters. The van der Waals surface area contributed by atoms with Gasteiger partial charge in [-0.15, -0.1) is 5.10 Å². The number of hydrogen-bond donors (Lipinski definition) is 1. The van der Waals surface area contributed by atoms with Crippen LogP contribution >= 0.6 is 22.6 Å². The first-order chi connectivity index (χ1) is 12.5. The van der Waals surface area contributed by atoms with Crippen LogP contribution in [0.2, 0.25) is 18.1 Å². The molecule has 1 aromatic heterocycles. The fourth-order valence-electron chi connectivity index (χ4n) is 2.51. The molecule has 1 atom stereocenters. The second-order valence-electron chi connectivity index (χ2n) is 8.43. The van der Waals surface area contributed by atoms with Gasteiger partial charge in [-0.3, -0.25) is 9.58 Å². The lowest BCUT2D eigenvalue weighted by atomic mass is 10.2. The predicted octanol–water partition coefficient (Wildman–Crippen LogP) is 4.11. The van der Waals surface area contributed by atoms with Crippen molar-refractivity contribution in [2.45, 2.75) is 78.8 Å². The monoisotopic (exact) mass is 511 g/mol. The van der Waals surface area contributed by atoms with Crippen molar-refractivity contribution in [3.8, 4) is 5.88 Å². The number of halogens is 1. The normalized spacial score (nSPS) is 14.0. The molecular weight excluding hydrogens is 473 g/mol. The number of nitrogens with zero attached hydrogens (tertiary/aromatic N) is 3. The van der Waals surface area contributed by atoms with E-state index in [4.69, 9.17) is 9.16 Å². The Bertz CT molecular complexity index is 587. The van der Waals surface area contributed by atoms with Gasteiger partial charge in [0.05, 0.1) is 35.6 Å². The van der Waals surface area contributed by atoms with Crippen LogP contribution in [0.4, 0.5) is 0 Å². The van der Waals surface area contributed by atoms with Gasteiger partial charge in [-0.1, -0.05) is 27.7 Å². The van der Waals surface area contributed by atoms with Crippen molar-refractivity contribution in [3.05, 3.63) is 9.26 Å². The van der Waals surface area contributed by atoms with Crippen LogP contribution in [0, 0.1) is 3.57 Å². The minimum Gasteiger partial charge on any atom is -0.476 e. The predicted molar refractivity (Wildman–Crippen MR) is 122 cm³/mol. The van der Waals surface area contributed by atoms with Gasteiger partial charge in [0, 0.05) is 12.6 Å². The molecule has 1 heterocycles. The van der Waals surface area contributed by atoms with E-state index in [2.05, 4.69) is 73.4 Å². The summed E-state index contributed by atoms with van der Waals surface area (Å²) in [5.41, 5.74) is 1.13. The summed E-state index contributed by atoms with van der Waals surface area (Å²) in [6, 6.07) is 0.105. The number of rotatable bonds is 11. The smallest absolute Gasteiger partial charge is 0.246 e. The summed E-state index contributed by atoms with van der Waals surface area (Å²) in [5, 5.41) is 14.4. The number of aliphatic hydroxyl groups excluding tert-OH is 1. The minimum atomic E-state index is -1.78. The maximum atomic E-state index is 9.54. The van der Waals surface area contributed by atoms with Crippen LogP contribution in [-0.2, 0) is 17.5 Å². The number of aromatic nitrogens is 2. The molecule has 0 saturated carbocycles. The molecule has 1 aromatic rings. The molecule has 1 N–H and O–H groups in total. The van der Waals surface area contributed by atoms with Crippen molar-refractivity contribution in [1.82, 2.24) is 14.7 Å². The van der Waals surface area contributed by atoms with Crippen LogP contribution in [0.5, 0.6) is 5.88 Å². The van der Waals surface area contributed by atoms with Crippen LogP contribution in [0.25, 0.3) is 0 Å². The lowest BCUT2D eigenvalue weighted by molar-refractivity contribution is 0.130. The van der Waals surface area contributed by atoms with Gasteiger partial charge in [0.15, 0.2) is 8.32 Å². The number of aliphatic hydroxyl groups is 1. The third-order valence-electron chi connectivity index (χ3n) is 5.46. The van der Waals surface area contributed by atoms with Crippen LogP contribution in [0.15, 0.2) is 0 Å². The molecule has 0 aromatic carbocycles. The fraction of sp³-hybridized carbons (Fsp3) is 0.842. The molecule has 158 valence electrons. The summed E-state index contributed by atoms with van der Waals surface area (Å²) in [4.78, 5) is 2.25. The minimum absolute atomic E-state index is 0.105. The van der Waals surface area contributed by atoms with E-state index >= 15 is 0 Å². The zero-order valence-electron chi connectivity index (χ0n) is 18.3. The zero-order valence-corrected chi connectivity index (χ0v) is 21.5.